The highest BCUT2D eigenvalue weighted by atomic mass is 32.2. The van der Waals surface area contributed by atoms with Gasteiger partial charge in [0.05, 0.1) is 30.6 Å². The van der Waals surface area contributed by atoms with Crippen LogP contribution in [-0.2, 0) is 24.3 Å². The Bertz CT molecular complexity index is 737. The van der Waals surface area contributed by atoms with E-state index in [0.29, 0.717) is 18.7 Å². The van der Waals surface area contributed by atoms with Crippen LogP contribution in [0.1, 0.15) is 30.6 Å². The molecule has 0 spiro atoms. The number of sulfonamides is 1. The summed E-state index contributed by atoms with van der Waals surface area (Å²) in [7, 11) is -2.36. The largest absolute Gasteiger partial charge is 0.469 e. The maximum Gasteiger partial charge on any atom is 0.307 e. The summed E-state index contributed by atoms with van der Waals surface area (Å²) in [5.74, 6) is -0.799. The first-order chi connectivity index (χ1) is 12.2. The van der Waals surface area contributed by atoms with Crippen LogP contribution < -0.4 is 5.32 Å². The number of morpholine rings is 1. The fourth-order valence-corrected chi connectivity index (χ4v) is 4.33. The van der Waals surface area contributed by atoms with Gasteiger partial charge in [0.1, 0.15) is 0 Å². The number of hydrogen-bond donors (Lipinski definition) is 1. The molecule has 1 heterocycles. The zero-order valence-electron chi connectivity index (χ0n) is 15.1. The Labute approximate surface area is 153 Å². The van der Waals surface area contributed by atoms with E-state index in [1.165, 1.54) is 35.7 Å². The zero-order chi connectivity index (χ0) is 19.3. The Morgan fingerprint density at radius 3 is 2.31 bits per heavy atom. The van der Waals surface area contributed by atoms with E-state index in [1.807, 2.05) is 13.8 Å². The number of rotatable bonds is 6. The van der Waals surface area contributed by atoms with E-state index in [4.69, 9.17) is 4.74 Å². The van der Waals surface area contributed by atoms with Gasteiger partial charge in [0.25, 0.3) is 5.91 Å². The van der Waals surface area contributed by atoms with Crippen molar-refractivity contribution in [1.29, 1.82) is 0 Å². The molecular formula is C17H24N2O6S. The maximum absolute atomic E-state index is 12.8. The summed E-state index contributed by atoms with van der Waals surface area (Å²) in [6, 6.07) is 5.73. The molecule has 8 nitrogen and oxygen atoms in total. The number of amides is 1. The Hall–Kier alpha value is -1.97. The molecule has 2 atom stereocenters. The lowest BCUT2D eigenvalue weighted by Crippen LogP contribution is -2.48. The van der Waals surface area contributed by atoms with E-state index in [1.54, 1.807) is 0 Å². The normalized spacial score (nSPS) is 21.2. The van der Waals surface area contributed by atoms with E-state index in [2.05, 4.69) is 10.1 Å². The highest BCUT2D eigenvalue weighted by molar-refractivity contribution is 7.89. The van der Waals surface area contributed by atoms with Crippen LogP contribution in [0.15, 0.2) is 29.2 Å². The summed E-state index contributed by atoms with van der Waals surface area (Å²) in [6.07, 6.45) is -0.274. The molecule has 26 heavy (non-hydrogen) atoms. The van der Waals surface area contributed by atoms with E-state index in [0.717, 1.165) is 0 Å². The molecule has 1 aromatic carbocycles. The molecule has 1 aliphatic heterocycles. The Morgan fingerprint density at radius 2 is 1.77 bits per heavy atom. The summed E-state index contributed by atoms with van der Waals surface area (Å²) in [5, 5.41) is 2.58. The van der Waals surface area contributed by atoms with Crippen molar-refractivity contribution in [2.45, 2.75) is 37.4 Å². The van der Waals surface area contributed by atoms with Crippen molar-refractivity contribution in [1.82, 2.24) is 9.62 Å². The van der Waals surface area contributed by atoms with Gasteiger partial charge in [-0.1, -0.05) is 0 Å². The minimum Gasteiger partial charge on any atom is -0.469 e. The fraction of sp³-hybridized carbons (Fsp3) is 0.529. The highest BCUT2D eigenvalue weighted by Gasteiger charge is 2.32. The number of methoxy groups -OCH3 is 1. The molecule has 1 N–H and O–H groups in total. The van der Waals surface area contributed by atoms with Gasteiger partial charge in [0, 0.05) is 25.2 Å². The number of benzene rings is 1. The monoisotopic (exact) mass is 384 g/mol. The van der Waals surface area contributed by atoms with Gasteiger partial charge in [-0.25, -0.2) is 8.42 Å². The standard InChI is InChI=1S/C17H24N2O6S/c1-12-10-19(11-13(2)25-12)26(22,23)15-6-4-14(5-7-15)17(21)18-9-8-16(20)24-3/h4-7,12-13H,8-11H2,1-3H3,(H,18,21)/t12-,13-/m0/s1. The minimum atomic E-state index is -3.64. The molecule has 1 amide bonds. The Balaban J connectivity index is 2.03. The van der Waals surface area contributed by atoms with Crippen molar-refractivity contribution >= 4 is 21.9 Å². The SMILES string of the molecule is COC(=O)CCNC(=O)c1ccc(S(=O)(=O)N2C[C@H](C)O[C@@H](C)C2)cc1. The smallest absolute Gasteiger partial charge is 0.307 e. The molecule has 9 heteroatoms. The van der Waals surface area contributed by atoms with Gasteiger partial charge < -0.3 is 14.8 Å². The summed E-state index contributed by atoms with van der Waals surface area (Å²) in [4.78, 5) is 23.2. The lowest BCUT2D eigenvalue weighted by molar-refractivity contribution is -0.140. The van der Waals surface area contributed by atoms with Crippen molar-refractivity contribution in [3.05, 3.63) is 29.8 Å². The first-order valence-corrected chi connectivity index (χ1v) is 9.78. The molecule has 0 radical (unpaired) electrons. The molecule has 0 aromatic heterocycles. The predicted octanol–water partition coefficient (Wildman–Crippen LogP) is 0.777. The van der Waals surface area contributed by atoms with E-state index in [9.17, 15) is 18.0 Å². The van der Waals surface area contributed by atoms with Crippen molar-refractivity contribution in [3.8, 4) is 0 Å². The Morgan fingerprint density at radius 1 is 1.19 bits per heavy atom. The number of hydrogen-bond acceptors (Lipinski definition) is 6. The fourth-order valence-electron chi connectivity index (χ4n) is 2.74. The van der Waals surface area contributed by atoms with Crippen molar-refractivity contribution < 1.29 is 27.5 Å². The third kappa shape index (κ3) is 5.03. The second-order valence-electron chi connectivity index (χ2n) is 6.19. The second-order valence-corrected chi connectivity index (χ2v) is 8.12. The number of carbonyl (C=O) groups excluding carboxylic acids is 2. The molecule has 0 aliphatic carbocycles. The molecule has 1 fully saturated rings. The van der Waals surface area contributed by atoms with Gasteiger partial charge in [0.15, 0.2) is 0 Å². The van der Waals surface area contributed by atoms with Crippen molar-refractivity contribution in [3.63, 3.8) is 0 Å². The van der Waals surface area contributed by atoms with Crippen LogP contribution in [0, 0.1) is 0 Å². The Kier molecular flexibility index (Phi) is 6.74. The first-order valence-electron chi connectivity index (χ1n) is 8.34. The number of nitrogens with one attached hydrogen (secondary N) is 1. The topological polar surface area (TPSA) is 102 Å². The molecule has 1 aliphatic rings. The molecule has 0 bridgehead atoms. The van der Waals surface area contributed by atoms with Crippen LogP contribution in [0.5, 0.6) is 0 Å². The molecular weight excluding hydrogens is 360 g/mol. The maximum atomic E-state index is 12.8. The van der Waals surface area contributed by atoms with Gasteiger partial charge in [-0.15, -0.1) is 0 Å². The lowest BCUT2D eigenvalue weighted by atomic mass is 10.2. The lowest BCUT2D eigenvalue weighted by Gasteiger charge is -2.34. The van der Waals surface area contributed by atoms with E-state index < -0.39 is 16.0 Å². The van der Waals surface area contributed by atoms with Gasteiger partial charge in [0.2, 0.25) is 10.0 Å². The second kappa shape index (κ2) is 8.61. The average Bonchev–Trinajstić information content (AvgIpc) is 2.60. The molecule has 0 saturated carbocycles. The first kappa shape index (κ1) is 20.3. The number of nitrogens with zero attached hydrogens (tertiary/aromatic N) is 1. The number of esters is 1. The van der Waals surface area contributed by atoms with Crippen LogP contribution in [0.25, 0.3) is 0 Å². The van der Waals surface area contributed by atoms with E-state index >= 15 is 0 Å². The highest BCUT2D eigenvalue weighted by Crippen LogP contribution is 2.21. The summed E-state index contributed by atoms with van der Waals surface area (Å²) < 4.78 is 37.0. The average molecular weight is 384 g/mol. The van der Waals surface area contributed by atoms with Crippen LogP contribution in [0.2, 0.25) is 0 Å². The molecule has 2 rings (SSSR count). The molecule has 1 aromatic rings. The molecule has 144 valence electrons. The minimum absolute atomic E-state index is 0.0715. The van der Waals surface area contributed by atoms with Crippen molar-refractivity contribution in [2.75, 3.05) is 26.7 Å². The van der Waals surface area contributed by atoms with Crippen molar-refractivity contribution in [2.24, 2.45) is 0 Å². The van der Waals surface area contributed by atoms with Crippen LogP contribution >= 0.6 is 0 Å². The number of ether oxygens (including phenoxy) is 2. The zero-order valence-corrected chi connectivity index (χ0v) is 15.9. The third-order valence-electron chi connectivity index (χ3n) is 3.98. The summed E-state index contributed by atoms with van der Waals surface area (Å²) in [5.41, 5.74) is 0.317. The number of carbonyl (C=O) groups is 2. The molecule has 1 saturated heterocycles. The van der Waals surface area contributed by atoms with Crippen LogP contribution in [0.4, 0.5) is 0 Å². The van der Waals surface area contributed by atoms with Gasteiger partial charge in [-0.3, -0.25) is 9.59 Å². The third-order valence-corrected chi connectivity index (χ3v) is 5.83. The van der Waals surface area contributed by atoms with Gasteiger partial charge >= 0.3 is 5.97 Å². The van der Waals surface area contributed by atoms with Crippen LogP contribution in [-0.4, -0.2) is 63.6 Å². The van der Waals surface area contributed by atoms with E-state index in [-0.39, 0.29) is 36.0 Å². The quantitative estimate of drug-likeness (QED) is 0.727. The molecule has 0 unspecified atom stereocenters. The summed E-state index contributed by atoms with van der Waals surface area (Å²) in [6.45, 7) is 4.40. The van der Waals surface area contributed by atoms with Crippen LogP contribution in [0.3, 0.4) is 0 Å². The van der Waals surface area contributed by atoms with Gasteiger partial charge in [-0.2, -0.15) is 4.31 Å². The predicted molar refractivity (Wildman–Crippen MR) is 94.2 cm³/mol. The van der Waals surface area contributed by atoms with Gasteiger partial charge in [-0.05, 0) is 38.1 Å². The summed E-state index contributed by atoms with van der Waals surface area (Å²) >= 11 is 0.